The van der Waals surface area contributed by atoms with Crippen LogP contribution in [0, 0.1) is 0 Å². The average molecular weight is 142 g/mol. The molecule has 0 atom stereocenters. The van der Waals surface area contributed by atoms with Gasteiger partial charge in [0.2, 0.25) is 0 Å². The van der Waals surface area contributed by atoms with E-state index in [0.717, 1.165) is 5.06 Å². The lowest BCUT2D eigenvalue weighted by atomic mass is 9.84. The van der Waals surface area contributed by atoms with Crippen LogP contribution in [-0.4, -0.2) is 27.7 Å². The zero-order chi connectivity index (χ0) is 7.99. The molecule has 0 spiro atoms. The largest absolute Gasteiger partial charge is 0.287 e. The molecule has 0 saturated carbocycles. The van der Waals surface area contributed by atoms with Crippen molar-refractivity contribution in [1.82, 2.24) is 5.06 Å². The summed E-state index contributed by atoms with van der Waals surface area (Å²) in [5, 5.41) is 10.4. The van der Waals surface area contributed by atoms with Crippen LogP contribution < -0.4 is 0 Å². The lowest BCUT2D eigenvalue weighted by molar-refractivity contribution is -0.0954. The third-order valence-corrected chi connectivity index (χ3v) is 2.56. The van der Waals surface area contributed by atoms with Crippen molar-refractivity contribution < 1.29 is 5.21 Å². The quantitative estimate of drug-likeness (QED) is 0.553. The first kappa shape index (κ1) is 7.54. The van der Waals surface area contributed by atoms with Gasteiger partial charge in [-0.25, -0.2) is 5.06 Å². The van der Waals surface area contributed by atoms with E-state index in [2.05, 4.69) is 4.99 Å². The molecule has 3 nitrogen and oxygen atoms in total. The lowest BCUT2D eigenvalue weighted by Gasteiger charge is -2.36. The Kier molecular flexibility index (Phi) is 1.30. The predicted molar refractivity (Wildman–Crippen MR) is 40.3 cm³/mol. The van der Waals surface area contributed by atoms with Gasteiger partial charge in [-0.3, -0.25) is 10.2 Å². The summed E-state index contributed by atoms with van der Waals surface area (Å²) >= 11 is 0. The van der Waals surface area contributed by atoms with Gasteiger partial charge < -0.3 is 0 Å². The van der Waals surface area contributed by atoms with E-state index in [1.807, 2.05) is 27.7 Å². The summed E-state index contributed by atoms with van der Waals surface area (Å²) in [6, 6.07) is 0. The number of hydrogen-bond donors (Lipinski definition) is 1. The van der Waals surface area contributed by atoms with Crippen molar-refractivity contribution in [2.24, 2.45) is 4.99 Å². The molecule has 0 unspecified atom stereocenters. The average Bonchev–Trinajstić information content (AvgIpc) is 1.94. The van der Waals surface area contributed by atoms with Crippen LogP contribution in [0.1, 0.15) is 27.7 Å². The third-order valence-electron chi connectivity index (χ3n) is 2.56. The van der Waals surface area contributed by atoms with Crippen molar-refractivity contribution >= 4 is 6.34 Å². The van der Waals surface area contributed by atoms with Gasteiger partial charge in [0, 0.05) is 0 Å². The summed E-state index contributed by atoms with van der Waals surface area (Å²) in [5.74, 6) is 0. The molecule has 0 aliphatic carbocycles. The fourth-order valence-electron chi connectivity index (χ4n) is 0.782. The number of hydrogen-bond acceptors (Lipinski definition) is 3. The summed E-state index contributed by atoms with van der Waals surface area (Å²) in [7, 11) is 0. The fraction of sp³-hybridized carbons (Fsp3) is 0.857. The predicted octanol–water partition coefficient (Wildman–Crippen LogP) is 1.28. The van der Waals surface area contributed by atoms with Gasteiger partial charge in [0.05, 0.1) is 11.1 Å². The molecular formula is C7H14N2O. The molecule has 0 radical (unpaired) electrons. The molecule has 58 valence electrons. The smallest absolute Gasteiger partial charge is 0.111 e. The second-order valence-corrected chi connectivity index (χ2v) is 3.71. The van der Waals surface area contributed by atoms with E-state index in [-0.39, 0.29) is 11.1 Å². The Balaban J connectivity index is 2.94. The highest BCUT2D eigenvalue weighted by atomic mass is 16.5. The van der Waals surface area contributed by atoms with Crippen molar-refractivity contribution in [3.63, 3.8) is 0 Å². The Morgan fingerprint density at radius 3 is 1.90 bits per heavy atom. The van der Waals surface area contributed by atoms with Crippen molar-refractivity contribution in [1.29, 1.82) is 0 Å². The Morgan fingerprint density at radius 2 is 1.80 bits per heavy atom. The first-order valence-electron chi connectivity index (χ1n) is 3.41. The van der Waals surface area contributed by atoms with Crippen LogP contribution in [0.25, 0.3) is 0 Å². The number of hydroxylamine groups is 2. The van der Waals surface area contributed by atoms with Gasteiger partial charge >= 0.3 is 0 Å². The van der Waals surface area contributed by atoms with Gasteiger partial charge in [-0.1, -0.05) is 0 Å². The van der Waals surface area contributed by atoms with E-state index >= 15 is 0 Å². The molecule has 0 aromatic carbocycles. The molecule has 1 aliphatic rings. The topological polar surface area (TPSA) is 35.8 Å². The maximum Gasteiger partial charge on any atom is 0.111 e. The minimum atomic E-state index is -0.285. The summed E-state index contributed by atoms with van der Waals surface area (Å²) in [4.78, 5) is 4.15. The minimum Gasteiger partial charge on any atom is -0.287 e. The van der Waals surface area contributed by atoms with E-state index in [9.17, 15) is 5.21 Å². The maximum atomic E-state index is 9.28. The van der Waals surface area contributed by atoms with Gasteiger partial charge in [-0.05, 0) is 27.7 Å². The number of aliphatic imine (C=N–C) groups is 1. The van der Waals surface area contributed by atoms with Crippen LogP contribution in [0.15, 0.2) is 4.99 Å². The Hall–Kier alpha value is -0.570. The van der Waals surface area contributed by atoms with E-state index in [4.69, 9.17) is 0 Å². The van der Waals surface area contributed by atoms with Crippen LogP contribution >= 0.6 is 0 Å². The molecule has 0 saturated heterocycles. The van der Waals surface area contributed by atoms with Crippen molar-refractivity contribution in [2.75, 3.05) is 0 Å². The second-order valence-electron chi connectivity index (χ2n) is 3.71. The van der Waals surface area contributed by atoms with Crippen LogP contribution in [0.3, 0.4) is 0 Å². The lowest BCUT2D eigenvalue weighted by Crippen LogP contribution is -2.49. The second kappa shape index (κ2) is 1.72. The van der Waals surface area contributed by atoms with Crippen molar-refractivity contribution in [2.45, 2.75) is 38.8 Å². The Labute approximate surface area is 61.3 Å². The van der Waals surface area contributed by atoms with Crippen LogP contribution in [0.4, 0.5) is 0 Å². The van der Waals surface area contributed by atoms with Gasteiger partial charge in [0.25, 0.3) is 0 Å². The highest BCUT2D eigenvalue weighted by Gasteiger charge is 2.44. The normalized spacial score (nSPS) is 27.5. The van der Waals surface area contributed by atoms with E-state index in [1.165, 1.54) is 6.34 Å². The van der Waals surface area contributed by atoms with Gasteiger partial charge in [-0.15, -0.1) is 0 Å². The fourth-order valence-corrected chi connectivity index (χ4v) is 0.782. The van der Waals surface area contributed by atoms with E-state index < -0.39 is 0 Å². The highest BCUT2D eigenvalue weighted by molar-refractivity contribution is 5.59. The Bertz CT molecular complexity index is 172. The van der Waals surface area contributed by atoms with Gasteiger partial charge in [0.1, 0.15) is 6.34 Å². The van der Waals surface area contributed by atoms with Gasteiger partial charge in [0.15, 0.2) is 0 Å². The van der Waals surface area contributed by atoms with Crippen LogP contribution in [-0.2, 0) is 0 Å². The number of rotatable bonds is 0. The monoisotopic (exact) mass is 142 g/mol. The first-order valence-corrected chi connectivity index (χ1v) is 3.41. The number of nitrogens with zero attached hydrogens (tertiary/aromatic N) is 2. The summed E-state index contributed by atoms with van der Waals surface area (Å²) in [6.45, 7) is 7.92. The highest BCUT2D eigenvalue weighted by Crippen LogP contribution is 2.33. The molecule has 3 heteroatoms. The first-order chi connectivity index (χ1) is 4.38. The van der Waals surface area contributed by atoms with E-state index in [0.29, 0.717) is 0 Å². The molecule has 1 aliphatic heterocycles. The van der Waals surface area contributed by atoms with Gasteiger partial charge in [-0.2, -0.15) is 0 Å². The molecule has 0 aromatic rings. The summed E-state index contributed by atoms with van der Waals surface area (Å²) in [5.41, 5.74) is -0.477. The zero-order valence-electron chi connectivity index (χ0n) is 6.92. The minimum absolute atomic E-state index is 0.193. The summed E-state index contributed by atoms with van der Waals surface area (Å²) < 4.78 is 0. The van der Waals surface area contributed by atoms with E-state index in [1.54, 1.807) is 0 Å². The molecule has 10 heavy (non-hydrogen) atoms. The Morgan fingerprint density at radius 1 is 1.30 bits per heavy atom. The van der Waals surface area contributed by atoms with Crippen LogP contribution in [0.5, 0.6) is 0 Å². The van der Waals surface area contributed by atoms with Crippen LogP contribution in [0.2, 0.25) is 0 Å². The maximum absolute atomic E-state index is 9.28. The molecule has 1 rings (SSSR count). The molecule has 1 N–H and O–H groups in total. The third kappa shape index (κ3) is 0.736. The summed E-state index contributed by atoms with van der Waals surface area (Å²) in [6.07, 6.45) is 1.47. The standard InChI is InChI=1S/C7H14N2O/c1-6(2)7(3,4)9(10)5-8-6/h5,10H,1-4H3. The molecular weight excluding hydrogens is 128 g/mol. The zero-order valence-corrected chi connectivity index (χ0v) is 6.92. The SMILES string of the molecule is CC1(C)N=CN(O)C1(C)C. The molecule has 0 amide bonds. The molecule has 0 aromatic heterocycles. The van der Waals surface area contributed by atoms with Crippen molar-refractivity contribution in [3.8, 4) is 0 Å². The molecule has 1 heterocycles. The molecule has 0 fully saturated rings. The molecule has 0 bridgehead atoms. The van der Waals surface area contributed by atoms with Crippen molar-refractivity contribution in [3.05, 3.63) is 0 Å².